The van der Waals surface area contributed by atoms with Gasteiger partial charge in [-0.1, -0.05) is 30.7 Å². The Labute approximate surface area is 184 Å². The van der Waals surface area contributed by atoms with E-state index in [4.69, 9.17) is 16.6 Å². The lowest BCUT2D eigenvalue weighted by Gasteiger charge is -2.13. The number of benzene rings is 1. The van der Waals surface area contributed by atoms with Crippen LogP contribution in [0.3, 0.4) is 0 Å². The molecule has 0 N–H and O–H groups in total. The molecular formula is C21H14ClF3N2OS2. The molecule has 154 valence electrons. The highest BCUT2D eigenvalue weighted by Gasteiger charge is 2.38. The van der Waals surface area contributed by atoms with Crippen LogP contribution in [-0.2, 0) is 0 Å². The van der Waals surface area contributed by atoms with E-state index < -0.39 is 24.0 Å². The number of nitrogens with zero attached hydrogens (tertiary/aromatic N) is 2. The Bertz CT molecular complexity index is 1150. The summed E-state index contributed by atoms with van der Waals surface area (Å²) in [7, 11) is 0. The number of ketones is 1. The summed E-state index contributed by atoms with van der Waals surface area (Å²) in [6.07, 6.45) is -4.24. The van der Waals surface area contributed by atoms with Gasteiger partial charge in [0.05, 0.1) is 16.3 Å². The molecule has 0 saturated carbocycles. The van der Waals surface area contributed by atoms with Gasteiger partial charge in [-0.15, -0.1) is 23.1 Å². The van der Waals surface area contributed by atoms with Gasteiger partial charge in [-0.25, -0.2) is 9.97 Å². The second-order valence-corrected chi connectivity index (χ2v) is 9.23. The molecule has 2 aromatic heterocycles. The molecule has 0 unspecified atom stereocenters. The van der Waals surface area contributed by atoms with Gasteiger partial charge in [-0.2, -0.15) is 13.2 Å². The molecule has 4 rings (SSSR count). The summed E-state index contributed by atoms with van der Waals surface area (Å²) in [4.78, 5) is 22.5. The van der Waals surface area contributed by atoms with Gasteiger partial charge in [0.25, 0.3) is 0 Å². The maximum atomic E-state index is 13.1. The normalized spacial score (nSPS) is 13.9. The quantitative estimate of drug-likeness (QED) is 0.382. The van der Waals surface area contributed by atoms with E-state index in [9.17, 15) is 18.0 Å². The van der Waals surface area contributed by atoms with E-state index in [2.05, 4.69) is 4.98 Å². The molecule has 0 bridgehead atoms. The summed E-state index contributed by atoms with van der Waals surface area (Å²) in [6, 6.07) is 11.0. The number of halogens is 4. The van der Waals surface area contributed by atoms with E-state index in [1.165, 1.54) is 0 Å². The summed E-state index contributed by atoms with van der Waals surface area (Å²) >= 11 is 8.60. The Morgan fingerprint density at radius 1 is 1.13 bits per heavy atom. The first-order valence-corrected chi connectivity index (χ1v) is 11.2. The predicted molar refractivity (Wildman–Crippen MR) is 115 cm³/mol. The number of rotatable bonds is 4. The lowest BCUT2D eigenvalue weighted by Crippen LogP contribution is -2.18. The molecule has 0 saturated heterocycles. The third-order valence-electron chi connectivity index (χ3n) is 4.43. The van der Waals surface area contributed by atoms with Crippen LogP contribution in [0, 0.1) is 0 Å². The van der Waals surface area contributed by atoms with Crippen molar-refractivity contribution in [3.05, 3.63) is 57.6 Å². The Hall–Kier alpha value is -2.16. The summed E-state index contributed by atoms with van der Waals surface area (Å²) in [5.41, 5.74) is 1.29. The van der Waals surface area contributed by atoms with Crippen molar-refractivity contribution < 1.29 is 18.0 Å². The molecule has 9 heteroatoms. The van der Waals surface area contributed by atoms with Crippen molar-refractivity contribution in [1.29, 1.82) is 0 Å². The fourth-order valence-electron chi connectivity index (χ4n) is 3.04. The van der Waals surface area contributed by atoms with Crippen molar-refractivity contribution in [3.8, 4) is 22.0 Å². The Balaban J connectivity index is 1.82. The van der Waals surface area contributed by atoms with Gasteiger partial charge in [0.15, 0.2) is 5.78 Å². The number of aromatic nitrogens is 2. The van der Waals surface area contributed by atoms with E-state index >= 15 is 0 Å². The van der Waals surface area contributed by atoms with Crippen molar-refractivity contribution in [1.82, 2.24) is 9.97 Å². The smallest absolute Gasteiger partial charge is 0.293 e. The van der Waals surface area contributed by atoms with Crippen molar-refractivity contribution in [3.63, 3.8) is 0 Å². The predicted octanol–water partition coefficient (Wildman–Crippen LogP) is 7.17. The molecule has 1 aliphatic carbocycles. The Morgan fingerprint density at radius 3 is 2.53 bits per heavy atom. The number of Topliss-reactive ketones (excluding diaryl/α,β-unsaturated/α-hetero) is 1. The Morgan fingerprint density at radius 2 is 1.87 bits per heavy atom. The molecule has 2 heterocycles. The van der Waals surface area contributed by atoms with E-state index in [0.717, 1.165) is 33.6 Å². The van der Waals surface area contributed by atoms with Crippen LogP contribution in [0.25, 0.3) is 28.0 Å². The summed E-state index contributed by atoms with van der Waals surface area (Å²) in [6.45, 7) is 2.00. The number of fused-ring (bicyclic) bond motifs is 1. The highest BCUT2D eigenvalue weighted by Crippen LogP contribution is 2.41. The van der Waals surface area contributed by atoms with Gasteiger partial charge in [-0.3, -0.25) is 4.79 Å². The fraction of sp³-hybridized carbons (Fsp3) is 0.190. The molecule has 3 nitrogen and oxygen atoms in total. The largest absolute Gasteiger partial charge is 0.413 e. The molecular weight excluding hydrogens is 453 g/mol. The van der Waals surface area contributed by atoms with Crippen LogP contribution in [0.15, 0.2) is 46.9 Å². The standard InChI is InChI=1S/C21H14ClF3N2OS2/c1-2-29-17-8-7-14(11-3-5-13(22)6-4-11)26-18(17)20-27-15-9-12(21(23,24)25)10-16(28)19(15)30-20/h3-9H,2,10H2,1H3. The van der Waals surface area contributed by atoms with Crippen LogP contribution in [0.4, 0.5) is 13.2 Å². The van der Waals surface area contributed by atoms with E-state index in [0.29, 0.717) is 21.4 Å². The second kappa shape index (κ2) is 8.17. The minimum absolute atomic E-state index is 0.0599. The van der Waals surface area contributed by atoms with Gasteiger partial charge >= 0.3 is 6.18 Å². The SMILES string of the molecule is CCSc1ccc(-c2ccc(Cl)cc2)nc1-c1nc2c(s1)C(=O)CC(C(F)(F)F)=C2. The average molecular weight is 467 g/mol. The van der Waals surface area contributed by atoms with Crippen molar-refractivity contribution in [2.45, 2.75) is 24.4 Å². The number of hydrogen-bond acceptors (Lipinski definition) is 5. The monoisotopic (exact) mass is 466 g/mol. The third-order valence-corrected chi connectivity index (χ3v) is 6.73. The van der Waals surface area contributed by atoms with Crippen LogP contribution in [0.5, 0.6) is 0 Å². The van der Waals surface area contributed by atoms with Crippen LogP contribution in [0.1, 0.15) is 28.7 Å². The molecule has 3 aromatic rings. The lowest BCUT2D eigenvalue weighted by molar-refractivity contribution is -0.0923. The summed E-state index contributed by atoms with van der Waals surface area (Å²) < 4.78 is 39.3. The number of carbonyl (C=O) groups is 1. The maximum Gasteiger partial charge on any atom is 0.413 e. The number of allylic oxidation sites excluding steroid dienone is 1. The van der Waals surface area contributed by atoms with Gasteiger partial charge in [-0.05, 0) is 36.1 Å². The first kappa shape index (κ1) is 21.1. The van der Waals surface area contributed by atoms with E-state index in [-0.39, 0.29) is 10.6 Å². The molecule has 0 radical (unpaired) electrons. The first-order valence-electron chi connectivity index (χ1n) is 8.98. The highest BCUT2D eigenvalue weighted by molar-refractivity contribution is 7.99. The van der Waals surface area contributed by atoms with Crippen LogP contribution in [0.2, 0.25) is 5.02 Å². The number of thioether (sulfide) groups is 1. The first-order chi connectivity index (χ1) is 14.3. The topological polar surface area (TPSA) is 42.9 Å². The average Bonchev–Trinajstić information content (AvgIpc) is 3.13. The zero-order chi connectivity index (χ0) is 21.5. The van der Waals surface area contributed by atoms with Gasteiger partial charge in [0, 0.05) is 27.5 Å². The molecule has 1 aliphatic rings. The number of carbonyl (C=O) groups excluding carboxylic acids is 1. The fourth-order valence-corrected chi connectivity index (χ4v) is 4.96. The molecule has 1 aromatic carbocycles. The maximum absolute atomic E-state index is 13.1. The molecule has 0 atom stereocenters. The number of alkyl halides is 3. The Kier molecular flexibility index (Phi) is 5.74. The van der Waals surface area contributed by atoms with Crippen molar-refractivity contribution in [2.24, 2.45) is 0 Å². The zero-order valence-electron chi connectivity index (χ0n) is 15.6. The molecule has 0 aliphatic heterocycles. The zero-order valence-corrected chi connectivity index (χ0v) is 18.0. The van der Waals surface area contributed by atoms with E-state index in [1.54, 1.807) is 23.9 Å². The summed E-state index contributed by atoms with van der Waals surface area (Å²) in [5, 5.41) is 1.04. The molecule has 0 spiro atoms. The minimum Gasteiger partial charge on any atom is -0.293 e. The number of pyridine rings is 1. The second-order valence-electron chi connectivity index (χ2n) is 6.48. The molecule has 0 fully saturated rings. The van der Waals surface area contributed by atoms with Gasteiger partial charge < -0.3 is 0 Å². The van der Waals surface area contributed by atoms with Crippen molar-refractivity contribution in [2.75, 3.05) is 5.75 Å². The summed E-state index contributed by atoms with van der Waals surface area (Å²) in [5.74, 6) is 0.221. The van der Waals surface area contributed by atoms with E-state index in [1.807, 2.05) is 31.2 Å². The van der Waals surface area contributed by atoms with Crippen LogP contribution < -0.4 is 0 Å². The number of hydrogen-bond donors (Lipinski definition) is 0. The van der Waals surface area contributed by atoms with Crippen molar-refractivity contribution >= 4 is 46.6 Å². The lowest BCUT2D eigenvalue weighted by atomic mass is 10.0. The van der Waals surface area contributed by atoms with Crippen LogP contribution >= 0.6 is 34.7 Å². The molecule has 0 amide bonds. The highest BCUT2D eigenvalue weighted by atomic mass is 35.5. The van der Waals surface area contributed by atoms with Gasteiger partial charge in [0.2, 0.25) is 0 Å². The third kappa shape index (κ3) is 4.17. The molecule has 30 heavy (non-hydrogen) atoms. The number of thiazole rings is 1. The van der Waals surface area contributed by atoms with Gasteiger partial charge in [0.1, 0.15) is 10.7 Å². The minimum atomic E-state index is -4.55. The van der Waals surface area contributed by atoms with Crippen LogP contribution in [-0.4, -0.2) is 27.7 Å².